The molecule has 0 aliphatic heterocycles. The maximum Gasteiger partial charge on any atom is 0.166 e. The van der Waals surface area contributed by atoms with Crippen molar-refractivity contribution in [3.8, 4) is 62.7 Å². The Balaban J connectivity index is 1.38. The van der Waals surface area contributed by atoms with Crippen LogP contribution in [0, 0.1) is 11.3 Å². The van der Waals surface area contributed by atoms with Gasteiger partial charge in [0.05, 0.1) is 39.0 Å². The van der Waals surface area contributed by atoms with Crippen molar-refractivity contribution >= 4 is 43.6 Å². The second kappa shape index (κ2) is 13.5. The number of nitriles is 1. The van der Waals surface area contributed by atoms with Crippen LogP contribution in [0.2, 0.25) is 0 Å². The van der Waals surface area contributed by atoms with Crippen molar-refractivity contribution in [1.82, 2.24) is 34.1 Å². The number of nitrogens with zero attached hydrogens (tertiary/aromatic N) is 8. The van der Waals surface area contributed by atoms with Crippen LogP contribution >= 0.6 is 0 Å². The molecule has 8 heteroatoms. The normalized spacial score (nSPS) is 11.4. The van der Waals surface area contributed by atoms with Gasteiger partial charge in [-0.15, -0.1) is 0 Å². The number of rotatable bonds is 6. The van der Waals surface area contributed by atoms with Crippen LogP contribution in [0.15, 0.2) is 183 Å². The number of hydrogen-bond donors (Lipinski definition) is 0. The summed E-state index contributed by atoms with van der Waals surface area (Å²) in [6.07, 6.45) is 7.46. The van der Waals surface area contributed by atoms with Gasteiger partial charge < -0.3 is 9.13 Å². The zero-order valence-corrected chi connectivity index (χ0v) is 30.9. The van der Waals surface area contributed by atoms with Crippen molar-refractivity contribution in [3.63, 3.8) is 0 Å². The van der Waals surface area contributed by atoms with Gasteiger partial charge in [0.25, 0.3) is 0 Å². The Morgan fingerprint density at radius 3 is 1.36 bits per heavy atom. The smallest absolute Gasteiger partial charge is 0.166 e. The van der Waals surface area contributed by atoms with Gasteiger partial charge in [-0.05, 0) is 35.9 Å². The SMILES string of the molecule is N#Cc1cc(-c2nc(-c3ccccc3)nc(-c3ccccc3)n2)c(-n2c3ccccc3c3cnccc32)c(-c2ccccc2)c1-n1c2ccccc2c2cnccc21. The van der Waals surface area contributed by atoms with E-state index in [2.05, 4.69) is 79.8 Å². The number of benzene rings is 6. The first kappa shape index (κ1) is 33.1. The summed E-state index contributed by atoms with van der Waals surface area (Å²) in [5.74, 6) is 1.50. The van der Waals surface area contributed by atoms with E-state index in [-0.39, 0.29) is 0 Å². The molecule has 5 aromatic heterocycles. The fourth-order valence-electron chi connectivity index (χ4n) is 8.30. The summed E-state index contributed by atoms with van der Waals surface area (Å²) < 4.78 is 4.51. The summed E-state index contributed by atoms with van der Waals surface area (Å²) in [6.45, 7) is 0. The molecule has 11 aromatic rings. The minimum absolute atomic E-state index is 0.439. The Morgan fingerprint density at radius 1 is 0.414 bits per heavy atom. The van der Waals surface area contributed by atoms with Crippen molar-refractivity contribution in [2.45, 2.75) is 0 Å². The van der Waals surface area contributed by atoms with Gasteiger partial charge in [0.2, 0.25) is 0 Å². The van der Waals surface area contributed by atoms with Gasteiger partial charge in [-0.2, -0.15) is 5.26 Å². The lowest BCUT2D eigenvalue weighted by Crippen LogP contribution is -2.10. The fourth-order valence-corrected chi connectivity index (χ4v) is 8.30. The van der Waals surface area contributed by atoms with Crippen molar-refractivity contribution in [3.05, 3.63) is 188 Å². The topological polar surface area (TPSA) is 98.1 Å². The minimum Gasteiger partial charge on any atom is -0.308 e. The van der Waals surface area contributed by atoms with Gasteiger partial charge in [0.15, 0.2) is 17.5 Å². The molecule has 11 rings (SSSR count). The first-order chi connectivity index (χ1) is 28.8. The molecule has 0 saturated heterocycles. The average molecular weight is 743 g/mol. The van der Waals surface area contributed by atoms with E-state index in [1.165, 1.54) is 0 Å². The van der Waals surface area contributed by atoms with E-state index in [0.717, 1.165) is 77.2 Å². The molecular weight excluding hydrogens is 713 g/mol. The number of fused-ring (bicyclic) bond motifs is 6. The van der Waals surface area contributed by atoms with Crippen LogP contribution in [0.4, 0.5) is 0 Å². The van der Waals surface area contributed by atoms with Gasteiger partial charge in [0.1, 0.15) is 6.07 Å². The van der Waals surface area contributed by atoms with E-state index in [0.29, 0.717) is 28.6 Å². The van der Waals surface area contributed by atoms with Gasteiger partial charge in [-0.1, -0.05) is 127 Å². The molecule has 0 atom stereocenters. The predicted molar refractivity (Wildman–Crippen MR) is 231 cm³/mol. The molecule has 0 amide bonds. The molecule has 0 saturated carbocycles. The Morgan fingerprint density at radius 2 is 0.845 bits per heavy atom. The lowest BCUT2D eigenvalue weighted by atomic mass is 9.93. The number of para-hydroxylation sites is 2. The molecule has 0 fully saturated rings. The lowest BCUT2D eigenvalue weighted by molar-refractivity contribution is 1.06. The van der Waals surface area contributed by atoms with Crippen LogP contribution in [0.3, 0.4) is 0 Å². The highest BCUT2D eigenvalue weighted by atomic mass is 15.1. The zero-order chi connectivity index (χ0) is 38.6. The summed E-state index contributed by atoms with van der Waals surface area (Å²) in [7, 11) is 0. The van der Waals surface area contributed by atoms with E-state index in [4.69, 9.17) is 15.0 Å². The van der Waals surface area contributed by atoms with E-state index in [1.54, 1.807) is 0 Å². The van der Waals surface area contributed by atoms with Gasteiger partial charge in [0, 0.05) is 68.6 Å². The van der Waals surface area contributed by atoms with Crippen LogP contribution in [-0.4, -0.2) is 34.1 Å². The average Bonchev–Trinajstić information content (AvgIpc) is 3.82. The zero-order valence-electron chi connectivity index (χ0n) is 30.9. The Labute approximate surface area is 332 Å². The summed E-state index contributed by atoms with van der Waals surface area (Å²) in [5.41, 5.74) is 10.0. The van der Waals surface area contributed by atoms with E-state index < -0.39 is 0 Å². The summed E-state index contributed by atoms with van der Waals surface area (Å²) in [4.78, 5) is 24.7. The van der Waals surface area contributed by atoms with Gasteiger partial charge in [-0.3, -0.25) is 9.97 Å². The maximum atomic E-state index is 11.4. The van der Waals surface area contributed by atoms with Crippen molar-refractivity contribution in [2.24, 2.45) is 0 Å². The van der Waals surface area contributed by atoms with E-state index in [1.807, 2.05) is 128 Å². The Kier molecular flexibility index (Phi) is 7.69. The first-order valence-corrected chi connectivity index (χ1v) is 19.0. The Hall–Kier alpha value is -8.28. The van der Waals surface area contributed by atoms with Crippen LogP contribution in [0.5, 0.6) is 0 Å². The standard InChI is InChI=1S/C50H30N8/c51-29-35-28-38(50-55-48(33-16-6-2-7-17-33)54-49(56-50)34-18-8-3-9-19-34)47(58-42-23-13-11-21-37(42)40-31-53-27-25-44(40)58)45(32-14-4-1-5-15-32)46(35)57-41-22-12-10-20-36(41)39-30-52-26-24-43(39)57/h1-28,30-31H. The first-order valence-electron chi connectivity index (χ1n) is 19.0. The highest BCUT2D eigenvalue weighted by Crippen LogP contribution is 2.47. The molecule has 8 nitrogen and oxygen atoms in total. The van der Waals surface area contributed by atoms with Gasteiger partial charge >= 0.3 is 0 Å². The van der Waals surface area contributed by atoms with Crippen molar-refractivity contribution < 1.29 is 0 Å². The van der Waals surface area contributed by atoms with Crippen molar-refractivity contribution in [2.75, 3.05) is 0 Å². The minimum atomic E-state index is 0.439. The Bertz CT molecular complexity index is 3240. The van der Waals surface area contributed by atoms with Gasteiger partial charge in [-0.25, -0.2) is 15.0 Å². The third kappa shape index (κ3) is 5.19. The molecule has 58 heavy (non-hydrogen) atoms. The molecule has 5 heterocycles. The predicted octanol–water partition coefficient (Wildman–Crippen LogP) is 11.4. The van der Waals surface area contributed by atoms with Crippen LogP contribution < -0.4 is 0 Å². The van der Waals surface area contributed by atoms with Crippen molar-refractivity contribution in [1.29, 1.82) is 5.26 Å². The summed E-state index contributed by atoms with van der Waals surface area (Å²) >= 11 is 0. The third-order valence-corrected chi connectivity index (χ3v) is 10.8. The maximum absolute atomic E-state index is 11.4. The molecule has 6 aromatic carbocycles. The highest BCUT2D eigenvalue weighted by molar-refractivity contribution is 6.13. The largest absolute Gasteiger partial charge is 0.308 e. The van der Waals surface area contributed by atoms with Crippen LogP contribution in [-0.2, 0) is 0 Å². The molecule has 0 unspecified atom stereocenters. The molecule has 0 bridgehead atoms. The third-order valence-electron chi connectivity index (χ3n) is 10.8. The molecular formula is C50H30N8. The molecule has 0 radical (unpaired) electrons. The number of pyridine rings is 2. The molecule has 0 N–H and O–H groups in total. The lowest BCUT2D eigenvalue weighted by Gasteiger charge is -2.24. The number of aromatic nitrogens is 7. The molecule has 0 spiro atoms. The fraction of sp³-hybridized carbons (Fsp3) is 0. The monoisotopic (exact) mass is 742 g/mol. The summed E-state index contributed by atoms with van der Waals surface area (Å²) in [6, 6.07) is 55.6. The van der Waals surface area contributed by atoms with E-state index >= 15 is 0 Å². The molecule has 0 aliphatic carbocycles. The van der Waals surface area contributed by atoms with Crippen LogP contribution in [0.1, 0.15) is 5.56 Å². The number of hydrogen-bond acceptors (Lipinski definition) is 6. The molecule has 0 aliphatic rings. The quantitative estimate of drug-likeness (QED) is 0.168. The summed E-state index contributed by atoms with van der Waals surface area (Å²) in [5, 5.41) is 15.5. The highest BCUT2D eigenvalue weighted by Gasteiger charge is 2.29. The van der Waals surface area contributed by atoms with E-state index in [9.17, 15) is 5.26 Å². The second-order valence-corrected chi connectivity index (χ2v) is 14.1. The molecule has 270 valence electrons. The van der Waals surface area contributed by atoms with Crippen LogP contribution in [0.25, 0.3) is 100 Å². The second-order valence-electron chi connectivity index (χ2n) is 14.1.